The van der Waals surface area contributed by atoms with E-state index >= 15 is 0 Å². The Morgan fingerprint density at radius 1 is 1.38 bits per heavy atom. The van der Waals surface area contributed by atoms with Gasteiger partial charge in [0.05, 0.1) is 26.8 Å². The van der Waals surface area contributed by atoms with Crippen LogP contribution in [0.1, 0.15) is 37.5 Å². The highest BCUT2D eigenvalue weighted by molar-refractivity contribution is 5.85. The molecule has 136 valence electrons. The molecule has 1 amide bonds. The first kappa shape index (κ1) is 20.5. The van der Waals surface area contributed by atoms with Crippen molar-refractivity contribution in [3.63, 3.8) is 0 Å². The smallest absolute Gasteiger partial charge is 0.240 e. The normalized spacial score (nSPS) is 18.9. The lowest BCUT2D eigenvalue weighted by atomic mass is 9.93. The molecule has 1 aromatic rings. The molecule has 1 aliphatic heterocycles. The van der Waals surface area contributed by atoms with Crippen LogP contribution in [0.5, 0.6) is 11.5 Å². The van der Waals surface area contributed by atoms with Crippen LogP contribution in [0, 0.1) is 5.92 Å². The number of carbonyl (C=O) groups is 1. The molecule has 0 aromatic heterocycles. The van der Waals surface area contributed by atoms with Crippen molar-refractivity contribution in [3.8, 4) is 11.5 Å². The Hall–Kier alpha value is -1.50. The van der Waals surface area contributed by atoms with E-state index in [1.165, 1.54) is 0 Å². The molecule has 7 heteroatoms. The summed E-state index contributed by atoms with van der Waals surface area (Å²) in [5.41, 5.74) is 7.53. The van der Waals surface area contributed by atoms with Gasteiger partial charge in [-0.25, -0.2) is 0 Å². The number of aliphatic hydroxyl groups is 1. The minimum atomic E-state index is -0.822. The van der Waals surface area contributed by atoms with Gasteiger partial charge in [0.1, 0.15) is 17.6 Å². The van der Waals surface area contributed by atoms with Crippen molar-refractivity contribution < 1.29 is 19.4 Å². The second kappa shape index (κ2) is 8.55. The van der Waals surface area contributed by atoms with E-state index in [2.05, 4.69) is 0 Å². The molecule has 0 aliphatic carbocycles. The summed E-state index contributed by atoms with van der Waals surface area (Å²) < 4.78 is 10.7. The Balaban J connectivity index is 0.00000288. The molecule has 1 aromatic carbocycles. The van der Waals surface area contributed by atoms with E-state index in [1.54, 1.807) is 31.3 Å². The minimum Gasteiger partial charge on any atom is -0.496 e. The van der Waals surface area contributed by atoms with E-state index in [1.807, 2.05) is 13.8 Å². The molecule has 1 heterocycles. The van der Waals surface area contributed by atoms with Gasteiger partial charge in [-0.05, 0) is 18.1 Å². The maximum Gasteiger partial charge on any atom is 0.240 e. The van der Waals surface area contributed by atoms with Gasteiger partial charge in [-0.15, -0.1) is 12.4 Å². The number of hydrogen-bond acceptors (Lipinski definition) is 5. The molecular weight excluding hydrogens is 332 g/mol. The lowest BCUT2D eigenvalue weighted by molar-refractivity contribution is -0.136. The maximum absolute atomic E-state index is 12.6. The Morgan fingerprint density at radius 2 is 1.96 bits per heavy atom. The highest BCUT2D eigenvalue weighted by Crippen LogP contribution is 2.39. The first-order valence-electron chi connectivity index (χ1n) is 7.90. The summed E-state index contributed by atoms with van der Waals surface area (Å²) in [5.74, 6) is 1.18. The van der Waals surface area contributed by atoms with Crippen LogP contribution in [0.3, 0.4) is 0 Å². The molecule has 6 nitrogen and oxygen atoms in total. The standard InChI is InChI=1S/C17H26N2O4.ClH/c1-5-10(2)16(18)17(21)19-8-11-13(22-3)6-7-14(23-4)15(11)12(20)9-19;/h6-7,10,12,16,20H,5,8-9,18H2,1-4H3;1H. The molecule has 3 atom stereocenters. The highest BCUT2D eigenvalue weighted by Gasteiger charge is 2.34. The number of carbonyl (C=O) groups excluding carboxylic acids is 1. The molecule has 0 saturated carbocycles. The average Bonchev–Trinajstić information content (AvgIpc) is 2.58. The number of methoxy groups -OCH3 is 2. The predicted octanol–water partition coefficient (Wildman–Crippen LogP) is 1.87. The number of hydrogen-bond donors (Lipinski definition) is 2. The Labute approximate surface area is 149 Å². The van der Waals surface area contributed by atoms with Gasteiger partial charge in [0.15, 0.2) is 0 Å². The first-order valence-corrected chi connectivity index (χ1v) is 7.90. The zero-order valence-corrected chi connectivity index (χ0v) is 15.4. The number of nitrogens with two attached hydrogens (primary N) is 1. The van der Waals surface area contributed by atoms with Crippen LogP contribution >= 0.6 is 12.4 Å². The number of fused-ring (bicyclic) bond motifs is 1. The van der Waals surface area contributed by atoms with Crippen molar-refractivity contribution in [2.45, 2.75) is 39.0 Å². The van der Waals surface area contributed by atoms with Gasteiger partial charge in [-0.2, -0.15) is 0 Å². The monoisotopic (exact) mass is 358 g/mol. The third-order valence-corrected chi connectivity index (χ3v) is 4.64. The van der Waals surface area contributed by atoms with E-state index in [0.29, 0.717) is 23.6 Å². The third kappa shape index (κ3) is 3.77. The van der Waals surface area contributed by atoms with Crippen LogP contribution in [0.25, 0.3) is 0 Å². The van der Waals surface area contributed by atoms with E-state index in [-0.39, 0.29) is 30.8 Å². The van der Waals surface area contributed by atoms with Crippen LogP contribution in [0.2, 0.25) is 0 Å². The molecular formula is C17H27ClN2O4. The molecule has 0 spiro atoms. The molecule has 0 bridgehead atoms. The van der Waals surface area contributed by atoms with Gasteiger partial charge >= 0.3 is 0 Å². The lowest BCUT2D eigenvalue weighted by Gasteiger charge is -2.36. The number of aliphatic hydroxyl groups excluding tert-OH is 1. The van der Waals surface area contributed by atoms with Crippen LogP contribution in [0.15, 0.2) is 12.1 Å². The summed E-state index contributed by atoms with van der Waals surface area (Å²) in [6, 6.07) is 2.99. The number of halogens is 1. The van der Waals surface area contributed by atoms with E-state index < -0.39 is 12.1 Å². The van der Waals surface area contributed by atoms with Crippen molar-refractivity contribution in [1.29, 1.82) is 0 Å². The fourth-order valence-corrected chi connectivity index (χ4v) is 2.95. The summed E-state index contributed by atoms with van der Waals surface area (Å²) in [6.45, 7) is 4.53. The van der Waals surface area contributed by atoms with Crippen LogP contribution in [-0.2, 0) is 11.3 Å². The van der Waals surface area contributed by atoms with E-state index in [9.17, 15) is 9.90 Å². The second-order valence-electron chi connectivity index (χ2n) is 6.01. The van der Waals surface area contributed by atoms with Crippen LogP contribution < -0.4 is 15.2 Å². The van der Waals surface area contributed by atoms with Gasteiger partial charge in [-0.3, -0.25) is 4.79 Å². The zero-order valence-electron chi connectivity index (χ0n) is 14.6. The molecule has 2 rings (SSSR count). The minimum absolute atomic E-state index is 0. The zero-order chi connectivity index (χ0) is 17.1. The Morgan fingerprint density at radius 3 is 2.50 bits per heavy atom. The summed E-state index contributed by atoms with van der Waals surface area (Å²) in [5, 5.41) is 10.5. The molecule has 3 unspecified atom stereocenters. The topological polar surface area (TPSA) is 85.0 Å². The van der Waals surface area contributed by atoms with Crippen molar-refractivity contribution in [1.82, 2.24) is 4.90 Å². The van der Waals surface area contributed by atoms with Gasteiger partial charge in [0.2, 0.25) is 5.91 Å². The van der Waals surface area contributed by atoms with Crippen LogP contribution in [-0.4, -0.2) is 42.7 Å². The van der Waals surface area contributed by atoms with Gasteiger partial charge in [0, 0.05) is 17.7 Å². The van der Waals surface area contributed by atoms with Gasteiger partial charge in [-0.1, -0.05) is 20.3 Å². The van der Waals surface area contributed by atoms with Gasteiger partial charge in [0.25, 0.3) is 0 Å². The van der Waals surface area contributed by atoms with Crippen molar-refractivity contribution in [2.75, 3.05) is 20.8 Å². The number of benzene rings is 1. The number of amides is 1. The summed E-state index contributed by atoms with van der Waals surface area (Å²) in [4.78, 5) is 14.2. The SMILES string of the molecule is CCC(C)C(N)C(=O)N1Cc2c(OC)ccc(OC)c2C(O)C1.Cl. The molecule has 3 N–H and O–H groups in total. The Kier molecular flexibility index (Phi) is 7.32. The van der Waals surface area contributed by atoms with Crippen molar-refractivity contribution >= 4 is 18.3 Å². The van der Waals surface area contributed by atoms with Crippen molar-refractivity contribution in [3.05, 3.63) is 23.3 Å². The molecule has 0 radical (unpaired) electrons. The molecule has 24 heavy (non-hydrogen) atoms. The summed E-state index contributed by atoms with van der Waals surface area (Å²) in [7, 11) is 3.13. The molecule has 0 saturated heterocycles. The Bertz CT molecular complexity index is 582. The number of nitrogens with zero attached hydrogens (tertiary/aromatic N) is 1. The third-order valence-electron chi connectivity index (χ3n) is 4.64. The first-order chi connectivity index (χ1) is 10.9. The number of rotatable bonds is 5. The molecule has 1 aliphatic rings. The van der Waals surface area contributed by atoms with Gasteiger partial charge < -0.3 is 25.2 Å². The fourth-order valence-electron chi connectivity index (χ4n) is 2.95. The largest absolute Gasteiger partial charge is 0.496 e. The van der Waals surface area contributed by atoms with Crippen LogP contribution in [0.4, 0.5) is 0 Å². The average molecular weight is 359 g/mol. The molecule has 0 fully saturated rings. The second-order valence-corrected chi connectivity index (χ2v) is 6.01. The lowest BCUT2D eigenvalue weighted by Crippen LogP contribution is -2.49. The number of ether oxygens (including phenoxy) is 2. The fraction of sp³-hybridized carbons (Fsp3) is 0.588. The highest BCUT2D eigenvalue weighted by atomic mass is 35.5. The maximum atomic E-state index is 12.6. The van der Waals surface area contributed by atoms with Crippen molar-refractivity contribution in [2.24, 2.45) is 11.7 Å². The predicted molar refractivity (Wildman–Crippen MR) is 94.6 cm³/mol. The van der Waals surface area contributed by atoms with E-state index in [0.717, 1.165) is 12.0 Å². The summed E-state index contributed by atoms with van der Waals surface area (Å²) in [6.07, 6.45) is 0.00806. The summed E-state index contributed by atoms with van der Waals surface area (Å²) >= 11 is 0. The quantitative estimate of drug-likeness (QED) is 0.839. The number of β-amino-alcohol motifs (C(OH)–C–C–N with tert-alkyl or cyclic N) is 1. The van der Waals surface area contributed by atoms with E-state index in [4.69, 9.17) is 15.2 Å².